The summed E-state index contributed by atoms with van der Waals surface area (Å²) in [5.41, 5.74) is -0.135. The Balaban J connectivity index is 2.03. The Hall–Kier alpha value is -0.990. The first-order valence-corrected chi connectivity index (χ1v) is 5.78. The molecular weight excluding hydrogens is 188 g/mol. The minimum atomic E-state index is -0.135. The van der Waals surface area contributed by atoms with Gasteiger partial charge in [-0.1, -0.05) is 12.8 Å². The maximum atomic E-state index is 5.76. The molecule has 0 bridgehead atoms. The third kappa shape index (κ3) is 2.74. The zero-order valence-electron chi connectivity index (χ0n) is 9.86. The van der Waals surface area contributed by atoms with Crippen LogP contribution < -0.4 is 4.74 Å². The van der Waals surface area contributed by atoms with Crippen LogP contribution in [-0.4, -0.2) is 15.4 Å². The Morgan fingerprint density at radius 2 is 2.00 bits per heavy atom. The lowest BCUT2D eigenvalue weighted by Crippen LogP contribution is -2.22. The summed E-state index contributed by atoms with van der Waals surface area (Å²) in [4.78, 5) is 0. The SMILES string of the molecule is CC(C)(C)Oc1cnn(C2CCCC2)c1. The first kappa shape index (κ1) is 10.5. The fourth-order valence-corrected chi connectivity index (χ4v) is 2.10. The van der Waals surface area contributed by atoms with Crippen LogP contribution in [0.2, 0.25) is 0 Å². The molecule has 1 saturated carbocycles. The molecule has 3 heteroatoms. The zero-order chi connectivity index (χ0) is 10.9. The Bertz CT molecular complexity index is 319. The van der Waals surface area contributed by atoms with Crippen LogP contribution in [0.3, 0.4) is 0 Å². The summed E-state index contributed by atoms with van der Waals surface area (Å²) in [7, 11) is 0. The van der Waals surface area contributed by atoms with Gasteiger partial charge in [-0.25, -0.2) is 0 Å². The van der Waals surface area contributed by atoms with E-state index >= 15 is 0 Å². The molecule has 0 aromatic carbocycles. The highest BCUT2D eigenvalue weighted by Crippen LogP contribution is 2.30. The van der Waals surface area contributed by atoms with E-state index in [1.54, 1.807) is 0 Å². The summed E-state index contributed by atoms with van der Waals surface area (Å²) in [6, 6.07) is 0.599. The Kier molecular flexibility index (Phi) is 2.72. The summed E-state index contributed by atoms with van der Waals surface area (Å²) in [5.74, 6) is 0.884. The second kappa shape index (κ2) is 3.87. The summed E-state index contributed by atoms with van der Waals surface area (Å²) in [6.07, 6.45) is 9.04. The van der Waals surface area contributed by atoms with E-state index in [1.165, 1.54) is 25.7 Å². The quantitative estimate of drug-likeness (QED) is 0.746. The third-order valence-electron chi connectivity index (χ3n) is 2.70. The predicted molar refractivity (Wildman–Crippen MR) is 60.1 cm³/mol. The molecule has 1 fully saturated rings. The highest BCUT2D eigenvalue weighted by Gasteiger charge is 2.19. The van der Waals surface area contributed by atoms with E-state index in [2.05, 4.69) is 30.6 Å². The van der Waals surface area contributed by atoms with E-state index in [1.807, 2.05) is 12.4 Å². The van der Waals surface area contributed by atoms with Crippen molar-refractivity contribution in [3.63, 3.8) is 0 Å². The van der Waals surface area contributed by atoms with E-state index < -0.39 is 0 Å². The average molecular weight is 208 g/mol. The largest absolute Gasteiger partial charge is 0.485 e. The molecular formula is C12H20N2O. The molecule has 0 amide bonds. The van der Waals surface area contributed by atoms with Gasteiger partial charge in [0.15, 0.2) is 5.75 Å². The van der Waals surface area contributed by atoms with E-state index in [-0.39, 0.29) is 5.60 Å². The molecule has 15 heavy (non-hydrogen) atoms. The zero-order valence-corrected chi connectivity index (χ0v) is 9.86. The average Bonchev–Trinajstić information content (AvgIpc) is 2.68. The first-order valence-electron chi connectivity index (χ1n) is 5.78. The van der Waals surface area contributed by atoms with Crippen molar-refractivity contribution < 1.29 is 4.74 Å². The molecule has 2 rings (SSSR count). The second-order valence-electron chi connectivity index (χ2n) is 5.31. The van der Waals surface area contributed by atoms with Gasteiger partial charge in [0.1, 0.15) is 5.60 Å². The lowest BCUT2D eigenvalue weighted by Gasteiger charge is -2.19. The molecule has 1 aromatic heterocycles. The topological polar surface area (TPSA) is 27.1 Å². The van der Waals surface area contributed by atoms with Crippen LogP contribution in [0.15, 0.2) is 12.4 Å². The van der Waals surface area contributed by atoms with Gasteiger partial charge in [-0.3, -0.25) is 4.68 Å². The maximum Gasteiger partial charge on any atom is 0.157 e. The van der Waals surface area contributed by atoms with Gasteiger partial charge < -0.3 is 4.74 Å². The highest BCUT2D eigenvalue weighted by molar-refractivity contribution is 5.13. The van der Waals surface area contributed by atoms with Crippen molar-refractivity contribution in [1.29, 1.82) is 0 Å². The van der Waals surface area contributed by atoms with E-state index in [9.17, 15) is 0 Å². The van der Waals surface area contributed by atoms with E-state index in [4.69, 9.17) is 4.74 Å². The summed E-state index contributed by atoms with van der Waals surface area (Å²) >= 11 is 0. The summed E-state index contributed by atoms with van der Waals surface area (Å²) in [6.45, 7) is 6.17. The molecule has 0 radical (unpaired) electrons. The number of ether oxygens (including phenoxy) is 1. The molecule has 0 saturated heterocycles. The van der Waals surface area contributed by atoms with Gasteiger partial charge in [0, 0.05) is 0 Å². The van der Waals surface area contributed by atoms with Crippen LogP contribution in [0.25, 0.3) is 0 Å². The van der Waals surface area contributed by atoms with E-state index in [0.717, 1.165) is 5.75 Å². The number of rotatable bonds is 2. The highest BCUT2D eigenvalue weighted by atomic mass is 16.5. The van der Waals surface area contributed by atoms with Crippen molar-refractivity contribution in [2.24, 2.45) is 0 Å². The first-order chi connectivity index (χ1) is 7.04. The molecule has 1 aliphatic rings. The second-order valence-corrected chi connectivity index (χ2v) is 5.31. The van der Waals surface area contributed by atoms with Crippen molar-refractivity contribution in [2.75, 3.05) is 0 Å². The van der Waals surface area contributed by atoms with Crippen molar-refractivity contribution >= 4 is 0 Å². The van der Waals surface area contributed by atoms with Gasteiger partial charge in [-0.15, -0.1) is 0 Å². The summed E-state index contributed by atoms with van der Waals surface area (Å²) < 4.78 is 7.82. The molecule has 1 heterocycles. The number of hydrogen-bond donors (Lipinski definition) is 0. The van der Waals surface area contributed by atoms with Gasteiger partial charge in [-0.05, 0) is 33.6 Å². The van der Waals surface area contributed by atoms with Gasteiger partial charge >= 0.3 is 0 Å². The fraction of sp³-hybridized carbons (Fsp3) is 0.750. The van der Waals surface area contributed by atoms with Crippen LogP contribution in [0.5, 0.6) is 5.75 Å². The van der Waals surface area contributed by atoms with Crippen molar-refractivity contribution in [2.45, 2.75) is 58.1 Å². The standard InChI is InChI=1S/C12H20N2O/c1-12(2,3)15-11-8-13-14(9-11)10-6-4-5-7-10/h8-10H,4-7H2,1-3H3. The van der Waals surface area contributed by atoms with Crippen LogP contribution in [-0.2, 0) is 0 Å². The normalized spacial score (nSPS) is 18.3. The fourth-order valence-electron chi connectivity index (χ4n) is 2.10. The number of aromatic nitrogens is 2. The van der Waals surface area contributed by atoms with Gasteiger partial charge in [0.05, 0.1) is 18.4 Å². The van der Waals surface area contributed by atoms with Crippen LogP contribution >= 0.6 is 0 Å². The summed E-state index contributed by atoms with van der Waals surface area (Å²) in [5, 5.41) is 4.37. The monoisotopic (exact) mass is 208 g/mol. The Labute approximate surface area is 91.4 Å². The maximum absolute atomic E-state index is 5.76. The molecule has 0 atom stereocenters. The van der Waals surface area contributed by atoms with Crippen LogP contribution in [0.4, 0.5) is 0 Å². The molecule has 1 aliphatic carbocycles. The van der Waals surface area contributed by atoms with Crippen molar-refractivity contribution in [3.8, 4) is 5.75 Å². The number of nitrogens with zero attached hydrogens (tertiary/aromatic N) is 2. The van der Waals surface area contributed by atoms with Gasteiger partial charge in [-0.2, -0.15) is 5.10 Å². The minimum Gasteiger partial charge on any atom is -0.485 e. The van der Waals surface area contributed by atoms with Gasteiger partial charge in [0.2, 0.25) is 0 Å². The van der Waals surface area contributed by atoms with Crippen molar-refractivity contribution in [3.05, 3.63) is 12.4 Å². The smallest absolute Gasteiger partial charge is 0.157 e. The molecule has 0 aliphatic heterocycles. The molecule has 1 aromatic rings. The molecule has 3 nitrogen and oxygen atoms in total. The predicted octanol–water partition coefficient (Wildman–Crippen LogP) is 3.18. The Morgan fingerprint density at radius 3 is 2.60 bits per heavy atom. The third-order valence-corrected chi connectivity index (χ3v) is 2.70. The number of hydrogen-bond acceptors (Lipinski definition) is 2. The van der Waals surface area contributed by atoms with E-state index in [0.29, 0.717) is 6.04 Å². The van der Waals surface area contributed by atoms with Gasteiger partial charge in [0.25, 0.3) is 0 Å². The molecule has 0 N–H and O–H groups in total. The lowest BCUT2D eigenvalue weighted by molar-refractivity contribution is 0.130. The molecule has 0 spiro atoms. The molecule has 0 unspecified atom stereocenters. The molecule has 84 valence electrons. The van der Waals surface area contributed by atoms with Crippen molar-refractivity contribution in [1.82, 2.24) is 9.78 Å². The lowest BCUT2D eigenvalue weighted by atomic mass is 10.2. The van der Waals surface area contributed by atoms with Crippen LogP contribution in [0.1, 0.15) is 52.5 Å². The Morgan fingerprint density at radius 1 is 1.33 bits per heavy atom. The minimum absolute atomic E-state index is 0.135. The van der Waals surface area contributed by atoms with Crippen LogP contribution in [0, 0.1) is 0 Å².